The van der Waals surface area contributed by atoms with Gasteiger partial charge in [-0.05, 0) is 32.6 Å². The van der Waals surface area contributed by atoms with Gasteiger partial charge in [0.1, 0.15) is 5.02 Å². The number of H-pyrrole nitrogens is 1. The SMILES string of the molecule is CC(O)CC1CCCCN1c1nc[nH]c(=O)c1Cl. The van der Waals surface area contributed by atoms with Crippen molar-refractivity contribution in [3.05, 3.63) is 21.7 Å². The highest BCUT2D eigenvalue weighted by atomic mass is 35.5. The van der Waals surface area contributed by atoms with E-state index in [-0.39, 0.29) is 22.7 Å². The van der Waals surface area contributed by atoms with Gasteiger partial charge in [-0.1, -0.05) is 11.6 Å². The fraction of sp³-hybridized carbons (Fsp3) is 0.667. The Morgan fingerprint density at radius 1 is 1.67 bits per heavy atom. The topological polar surface area (TPSA) is 69.2 Å². The van der Waals surface area contributed by atoms with Gasteiger partial charge in [-0.15, -0.1) is 0 Å². The number of nitrogens with zero attached hydrogens (tertiary/aromatic N) is 2. The molecule has 2 unspecified atom stereocenters. The molecule has 1 aromatic rings. The zero-order valence-corrected chi connectivity index (χ0v) is 11.2. The first-order chi connectivity index (χ1) is 8.59. The van der Waals surface area contributed by atoms with Crippen molar-refractivity contribution in [3.8, 4) is 0 Å². The molecule has 0 radical (unpaired) electrons. The van der Waals surface area contributed by atoms with Crippen LogP contribution in [0.15, 0.2) is 11.1 Å². The molecule has 1 fully saturated rings. The summed E-state index contributed by atoms with van der Waals surface area (Å²) < 4.78 is 0. The van der Waals surface area contributed by atoms with E-state index in [2.05, 4.69) is 9.97 Å². The molecule has 5 nitrogen and oxygen atoms in total. The zero-order valence-electron chi connectivity index (χ0n) is 10.4. The van der Waals surface area contributed by atoms with Crippen LogP contribution >= 0.6 is 11.6 Å². The second kappa shape index (κ2) is 5.71. The number of piperidine rings is 1. The molecule has 1 aliphatic heterocycles. The van der Waals surface area contributed by atoms with Crippen molar-refractivity contribution in [2.24, 2.45) is 0 Å². The van der Waals surface area contributed by atoms with Crippen molar-refractivity contribution in [2.75, 3.05) is 11.4 Å². The van der Waals surface area contributed by atoms with Gasteiger partial charge in [-0.25, -0.2) is 4.98 Å². The van der Waals surface area contributed by atoms with Crippen molar-refractivity contribution in [1.29, 1.82) is 0 Å². The summed E-state index contributed by atoms with van der Waals surface area (Å²) in [4.78, 5) is 20.2. The van der Waals surface area contributed by atoms with Crippen LogP contribution in [0.4, 0.5) is 5.82 Å². The Bertz CT molecular complexity index is 461. The monoisotopic (exact) mass is 271 g/mol. The first-order valence-electron chi connectivity index (χ1n) is 6.27. The first kappa shape index (κ1) is 13.4. The van der Waals surface area contributed by atoms with Crippen LogP contribution in [0.25, 0.3) is 0 Å². The van der Waals surface area contributed by atoms with Crippen LogP contribution in [0.1, 0.15) is 32.6 Å². The Morgan fingerprint density at radius 2 is 2.44 bits per heavy atom. The van der Waals surface area contributed by atoms with Gasteiger partial charge in [0, 0.05) is 12.6 Å². The van der Waals surface area contributed by atoms with Gasteiger partial charge < -0.3 is 15.0 Å². The molecule has 6 heteroatoms. The van der Waals surface area contributed by atoms with Gasteiger partial charge in [-0.2, -0.15) is 0 Å². The second-order valence-electron chi connectivity index (χ2n) is 4.80. The molecule has 0 bridgehead atoms. The second-order valence-corrected chi connectivity index (χ2v) is 5.17. The molecule has 0 aliphatic carbocycles. The molecule has 18 heavy (non-hydrogen) atoms. The average molecular weight is 272 g/mol. The lowest BCUT2D eigenvalue weighted by atomic mass is 9.97. The highest BCUT2D eigenvalue weighted by Crippen LogP contribution is 2.28. The Kier molecular flexibility index (Phi) is 4.24. The molecule has 0 saturated carbocycles. The average Bonchev–Trinajstić information content (AvgIpc) is 2.33. The predicted octanol–water partition coefficient (Wildman–Crippen LogP) is 1.55. The predicted molar refractivity (Wildman–Crippen MR) is 71.2 cm³/mol. The number of aromatic nitrogens is 2. The molecule has 1 aliphatic rings. The van der Waals surface area contributed by atoms with E-state index in [1.807, 2.05) is 4.90 Å². The quantitative estimate of drug-likeness (QED) is 0.875. The number of aromatic amines is 1. The molecule has 1 aromatic heterocycles. The maximum Gasteiger partial charge on any atom is 0.271 e. The standard InChI is InChI=1S/C12H18ClN3O2/c1-8(17)6-9-4-2-3-5-16(9)11-10(13)12(18)15-7-14-11/h7-9,17H,2-6H2,1H3,(H,14,15,18). The molecule has 0 aromatic carbocycles. The fourth-order valence-corrected chi connectivity index (χ4v) is 2.70. The van der Waals surface area contributed by atoms with Crippen molar-refractivity contribution < 1.29 is 5.11 Å². The highest BCUT2D eigenvalue weighted by molar-refractivity contribution is 6.32. The lowest BCUT2D eigenvalue weighted by molar-refractivity contribution is 0.167. The number of halogens is 1. The summed E-state index contributed by atoms with van der Waals surface area (Å²) in [5, 5.41) is 9.68. The molecular weight excluding hydrogens is 254 g/mol. The minimum Gasteiger partial charge on any atom is -0.393 e. The lowest BCUT2D eigenvalue weighted by Crippen LogP contribution is -2.42. The van der Waals surface area contributed by atoms with Gasteiger partial charge in [0.2, 0.25) is 0 Å². The molecule has 1 saturated heterocycles. The van der Waals surface area contributed by atoms with E-state index in [1.54, 1.807) is 6.92 Å². The summed E-state index contributed by atoms with van der Waals surface area (Å²) in [5.74, 6) is 0.533. The third-order valence-corrected chi connectivity index (χ3v) is 3.63. The van der Waals surface area contributed by atoms with E-state index in [9.17, 15) is 9.90 Å². The van der Waals surface area contributed by atoms with Crippen LogP contribution in [-0.4, -0.2) is 33.8 Å². The van der Waals surface area contributed by atoms with Crippen molar-refractivity contribution >= 4 is 17.4 Å². The van der Waals surface area contributed by atoms with Crippen LogP contribution in [-0.2, 0) is 0 Å². The van der Waals surface area contributed by atoms with E-state index in [0.717, 1.165) is 25.8 Å². The third kappa shape index (κ3) is 2.84. The van der Waals surface area contributed by atoms with Crippen LogP contribution in [0.3, 0.4) is 0 Å². The zero-order chi connectivity index (χ0) is 13.1. The normalized spacial score (nSPS) is 21.9. The Balaban J connectivity index is 2.28. The fourth-order valence-electron chi connectivity index (χ4n) is 2.49. The van der Waals surface area contributed by atoms with Crippen molar-refractivity contribution in [3.63, 3.8) is 0 Å². The van der Waals surface area contributed by atoms with Crippen molar-refractivity contribution in [2.45, 2.75) is 44.8 Å². The summed E-state index contributed by atoms with van der Waals surface area (Å²) in [6.45, 7) is 2.60. The number of aliphatic hydroxyl groups excluding tert-OH is 1. The van der Waals surface area contributed by atoms with Crippen LogP contribution in [0, 0.1) is 0 Å². The summed E-state index contributed by atoms with van der Waals surface area (Å²) in [6, 6.07) is 0.200. The Hall–Kier alpha value is -1.07. The molecule has 0 spiro atoms. The van der Waals surface area contributed by atoms with Gasteiger partial charge in [0.25, 0.3) is 5.56 Å². The number of aliphatic hydroxyl groups is 1. The molecule has 100 valence electrons. The van der Waals surface area contributed by atoms with E-state index in [0.29, 0.717) is 12.2 Å². The first-order valence-corrected chi connectivity index (χ1v) is 6.65. The van der Waals surface area contributed by atoms with Crippen molar-refractivity contribution in [1.82, 2.24) is 9.97 Å². The molecule has 2 atom stereocenters. The molecular formula is C12H18ClN3O2. The maximum atomic E-state index is 11.5. The number of nitrogens with one attached hydrogen (secondary N) is 1. The summed E-state index contributed by atoms with van der Waals surface area (Å²) in [6.07, 6.45) is 4.87. The number of hydrogen-bond acceptors (Lipinski definition) is 4. The van der Waals surface area contributed by atoms with Gasteiger partial charge >= 0.3 is 0 Å². The summed E-state index contributed by atoms with van der Waals surface area (Å²) >= 11 is 6.02. The highest BCUT2D eigenvalue weighted by Gasteiger charge is 2.26. The largest absolute Gasteiger partial charge is 0.393 e. The minimum absolute atomic E-state index is 0.134. The van der Waals surface area contributed by atoms with E-state index in [4.69, 9.17) is 11.6 Å². The summed E-state index contributed by atoms with van der Waals surface area (Å²) in [7, 11) is 0. The Labute approximate surface area is 111 Å². The maximum absolute atomic E-state index is 11.5. The number of rotatable bonds is 3. The summed E-state index contributed by atoms with van der Waals surface area (Å²) in [5.41, 5.74) is -0.317. The Morgan fingerprint density at radius 3 is 3.17 bits per heavy atom. The molecule has 0 amide bonds. The molecule has 2 heterocycles. The lowest BCUT2D eigenvalue weighted by Gasteiger charge is -2.37. The van der Waals surface area contributed by atoms with Gasteiger partial charge in [0.05, 0.1) is 12.4 Å². The molecule has 2 N–H and O–H groups in total. The third-order valence-electron chi connectivity index (χ3n) is 3.29. The van der Waals surface area contributed by atoms with Gasteiger partial charge in [-0.3, -0.25) is 4.79 Å². The number of anilines is 1. The number of hydrogen-bond donors (Lipinski definition) is 2. The minimum atomic E-state index is -0.364. The van der Waals surface area contributed by atoms with E-state index >= 15 is 0 Å². The smallest absolute Gasteiger partial charge is 0.271 e. The van der Waals surface area contributed by atoms with E-state index in [1.165, 1.54) is 6.33 Å². The van der Waals surface area contributed by atoms with E-state index < -0.39 is 0 Å². The van der Waals surface area contributed by atoms with Crippen LogP contribution < -0.4 is 10.5 Å². The van der Waals surface area contributed by atoms with Crippen LogP contribution in [0.2, 0.25) is 5.02 Å². The molecule has 2 rings (SSSR count). The van der Waals surface area contributed by atoms with Gasteiger partial charge in [0.15, 0.2) is 5.82 Å². The van der Waals surface area contributed by atoms with Crippen LogP contribution in [0.5, 0.6) is 0 Å².